The Labute approximate surface area is 177 Å². The van der Waals surface area contributed by atoms with Crippen LogP contribution < -0.4 is 10.6 Å². The third-order valence-electron chi connectivity index (χ3n) is 3.84. The van der Waals surface area contributed by atoms with Gasteiger partial charge in [0, 0.05) is 21.4 Å². The predicted octanol–water partition coefficient (Wildman–Crippen LogP) is 5.36. The highest BCUT2D eigenvalue weighted by atomic mass is 35.5. The van der Waals surface area contributed by atoms with Crippen LogP contribution in [0.15, 0.2) is 78.4 Å². The Balaban J connectivity index is 1.92. The fourth-order valence-corrected chi connectivity index (χ4v) is 2.93. The number of anilines is 2. The molecule has 146 valence electrons. The third-order valence-corrected chi connectivity index (χ3v) is 4.31. The van der Waals surface area contributed by atoms with Crippen molar-refractivity contribution in [3.63, 3.8) is 0 Å². The second kappa shape index (κ2) is 9.28. The smallest absolute Gasteiger partial charge is 0.261 e. The molecule has 0 aromatic heterocycles. The molecule has 0 saturated heterocycles. The van der Waals surface area contributed by atoms with Crippen LogP contribution in [-0.2, 0) is 9.59 Å². The van der Waals surface area contributed by atoms with Gasteiger partial charge < -0.3 is 15.7 Å². The minimum absolute atomic E-state index is 0.0172. The first-order valence-corrected chi connectivity index (χ1v) is 9.31. The number of rotatable bonds is 5. The molecule has 0 atom stereocenters. The van der Waals surface area contributed by atoms with E-state index >= 15 is 0 Å². The molecule has 0 saturated carbocycles. The highest BCUT2D eigenvalue weighted by Crippen LogP contribution is 2.20. The van der Waals surface area contributed by atoms with E-state index in [0.717, 1.165) is 0 Å². The van der Waals surface area contributed by atoms with Crippen molar-refractivity contribution < 1.29 is 14.7 Å². The molecule has 5 nitrogen and oxygen atoms in total. The Kier molecular flexibility index (Phi) is 6.54. The fourth-order valence-electron chi connectivity index (χ4n) is 2.54. The van der Waals surface area contributed by atoms with E-state index < -0.39 is 11.8 Å². The zero-order chi connectivity index (χ0) is 20.8. The molecule has 0 aliphatic rings. The van der Waals surface area contributed by atoms with Crippen LogP contribution in [-0.4, -0.2) is 16.9 Å². The van der Waals surface area contributed by atoms with E-state index in [2.05, 4.69) is 10.6 Å². The lowest BCUT2D eigenvalue weighted by atomic mass is 10.1. The molecule has 0 heterocycles. The molecule has 0 bridgehead atoms. The second-order valence-electron chi connectivity index (χ2n) is 6.08. The number of amides is 2. The number of benzene rings is 3. The largest absolute Gasteiger partial charge is 0.508 e. The third kappa shape index (κ3) is 5.85. The molecular weight excluding hydrogens is 411 g/mol. The molecule has 7 heteroatoms. The van der Waals surface area contributed by atoms with Gasteiger partial charge in [-0.1, -0.05) is 47.5 Å². The van der Waals surface area contributed by atoms with Crippen molar-refractivity contribution in [2.24, 2.45) is 0 Å². The van der Waals surface area contributed by atoms with Crippen molar-refractivity contribution in [2.45, 2.75) is 0 Å². The molecule has 0 radical (unpaired) electrons. The van der Waals surface area contributed by atoms with Crippen LogP contribution >= 0.6 is 23.2 Å². The quantitative estimate of drug-likeness (QED) is 0.291. The minimum Gasteiger partial charge on any atom is -0.508 e. The second-order valence-corrected chi connectivity index (χ2v) is 6.95. The van der Waals surface area contributed by atoms with Crippen molar-refractivity contribution in [1.82, 2.24) is 0 Å². The van der Waals surface area contributed by atoms with Crippen LogP contribution in [0.2, 0.25) is 10.0 Å². The Morgan fingerprint density at radius 2 is 1.28 bits per heavy atom. The van der Waals surface area contributed by atoms with E-state index in [1.807, 2.05) is 0 Å². The van der Waals surface area contributed by atoms with Crippen LogP contribution in [0, 0.1) is 0 Å². The van der Waals surface area contributed by atoms with Crippen molar-refractivity contribution in [3.8, 4) is 5.75 Å². The van der Waals surface area contributed by atoms with Crippen LogP contribution in [0.1, 0.15) is 5.56 Å². The lowest BCUT2D eigenvalue weighted by molar-refractivity contribution is -0.118. The molecule has 3 aromatic carbocycles. The standard InChI is InChI=1S/C22H16Cl2N2O3/c23-15-5-2-7-17(12-15)25-21(28)20(11-14-4-1-9-19(27)10-14)22(29)26-18-8-3-6-16(24)13-18/h1-13,27H,(H,25,28)(H,26,29). The first-order chi connectivity index (χ1) is 13.9. The van der Waals surface area contributed by atoms with Gasteiger partial charge in [-0.05, 0) is 60.2 Å². The Morgan fingerprint density at radius 1 is 0.759 bits per heavy atom. The summed E-state index contributed by atoms with van der Waals surface area (Å²) in [6.07, 6.45) is 1.39. The van der Waals surface area contributed by atoms with Gasteiger partial charge in [0.15, 0.2) is 0 Å². The van der Waals surface area contributed by atoms with Crippen LogP contribution in [0.25, 0.3) is 6.08 Å². The number of hydrogen-bond donors (Lipinski definition) is 3. The Bertz CT molecular complexity index is 1040. The Morgan fingerprint density at radius 3 is 1.76 bits per heavy atom. The van der Waals surface area contributed by atoms with E-state index in [4.69, 9.17) is 23.2 Å². The summed E-state index contributed by atoms with van der Waals surface area (Å²) in [5, 5.41) is 15.9. The maximum atomic E-state index is 12.8. The van der Waals surface area contributed by atoms with Crippen molar-refractivity contribution in [1.29, 1.82) is 0 Å². The van der Waals surface area contributed by atoms with E-state index in [-0.39, 0.29) is 11.3 Å². The number of phenols is 1. The highest BCUT2D eigenvalue weighted by Gasteiger charge is 2.19. The van der Waals surface area contributed by atoms with Gasteiger partial charge in [0.05, 0.1) is 0 Å². The normalized spacial score (nSPS) is 10.1. The summed E-state index contributed by atoms with van der Waals surface area (Å²) in [6.45, 7) is 0. The summed E-state index contributed by atoms with van der Waals surface area (Å²) in [5.41, 5.74) is 1.22. The van der Waals surface area contributed by atoms with Gasteiger partial charge in [0.2, 0.25) is 0 Å². The first-order valence-electron chi connectivity index (χ1n) is 8.55. The summed E-state index contributed by atoms with van der Waals surface area (Å²) in [4.78, 5) is 25.7. The van der Waals surface area contributed by atoms with Gasteiger partial charge in [0.25, 0.3) is 11.8 Å². The zero-order valence-corrected chi connectivity index (χ0v) is 16.5. The molecular formula is C22H16Cl2N2O3. The lowest BCUT2D eigenvalue weighted by Gasteiger charge is -2.11. The van der Waals surface area contributed by atoms with E-state index in [1.54, 1.807) is 60.7 Å². The molecule has 0 fully saturated rings. The summed E-state index contributed by atoms with van der Waals surface area (Å²) in [7, 11) is 0. The lowest BCUT2D eigenvalue weighted by Crippen LogP contribution is -2.25. The predicted molar refractivity (Wildman–Crippen MR) is 116 cm³/mol. The number of phenolic OH excluding ortho intramolecular Hbond substituents is 1. The van der Waals surface area contributed by atoms with Gasteiger partial charge in [-0.3, -0.25) is 9.59 Å². The topological polar surface area (TPSA) is 78.4 Å². The number of hydrogen-bond acceptors (Lipinski definition) is 3. The average molecular weight is 427 g/mol. The van der Waals surface area contributed by atoms with Gasteiger partial charge >= 0.3 is 0 Å². The molecule has 0 unspecified atom stereocenters. The van der Waals surface area contributed by atoms with Crippen molar-refractivity contribution >= 4 is 52.5 Å². The number of nitrogens with one attached hydrogen (secondary N) is 2. The van der Waals surface area contributed by atoms with E-state index in [0.29, 0.717) is 27.0 Å². The molecule has 3 N–H and O–H groups in total. The number of halogens is 2. The monoisotopic (exact) mass is 426 g/mol. The summed E-state index contributed by atoms with van der Waals surface area (Å²) >= 11 is 11.9. The van der Waals surface area contributed by atoms with Crippen molar-refractivity contribution in [3.05, 3.63) is 94.0 Å². The van der Waals surface area contributed by atoms with E-state index in [9.17, 15) is 14.7 Å². The summed E-state index contributed by atoms with van der Waals surface area (Å²) in [5.74, 6) is -1.24. The maximum Gasteiger partial charge on any atom is 0.261 e. The number of carbonyl (C=O) groups is 2. The molecule has 2 amide bonds. The maximum absolute atomic E-state index is 12.8. The zero-order valence-electron chi connectivity index (χ0n) is 15.0. The van der Waals surface area contributed by atoms with Crippen LogP contribution in [0.5, 0.6) is 5.75 Å². The van der Waals surface area contributed by atoms with Gasteiger partial charge in [0.1, 0.15) is 11.3 Å². The first kappa shape index (κ1) is 20.5. The molecule has 0 aliphatic heterocycles. The summed E-state index contributed by atoms with van der Waals surface area (Å²) < 4.78 is 0. The van der Waals surface area contributed by atoms with E-state index in [1.165, 1.54) is 18.2 Å². The summed E-state index contributed by atoms with van der Waals surface area (Å²) in [6, 6.07) is 19.4. The van der Waals surface area contributed by atoms with Gasteiger partial charge in [-0.2, -0.15) is 0 Å². The number of aromatic hydroxyl groups is 1. The van der Waals surface area contributed by atoms with Crippen molar-refractivity contribution in [2.75, 3.05) is 10.6 Å². The average Bonchev–Trinajstić information content (AvgIpc) is 2.66. The highest BCUT2D eigenvalue weighted by molar-refractivity contribution is 6.32. The molecule has 3 rings (SSSR count). The van der Waals surface area contributed by atoms with Gasteiger partial charge in [-0.25, -0.2) is 0 Å². The molecule has 0 spiro atoms. The fraction of sp³-hybridized carbons (Fsp3) is 0. The Hall–Kier alpha value is -3.28. The van der Waals surface area contributed by atoms with Gasteiger partial charge in [-0.15, -0.1) is 0 Å². The van der Waals surface area contributed by atoms with Crippen LogP contribution in [0.4, 0.5) is 11.4 Å². The number of carbonyl (C=O) groups excluding carboxylic acids is 2. The minimum atomic E-state index is -0.630. The molecule has 3 aromatic rings. The molecule has 0 aliphatic carbocycles. The SMILES string of the molecule is O=C(Nc1cccc(Cl)c1)C(=Cc1cccc(O)c1)C(=O)Nc1cccc(Cl)c1. The molecule has 29 heavy (non-hydrogen) atoms. The van der Waals surface area contributed by atoms with Crippen LogP contribution in [0.3, 0.4) is 0 Å².